The molecule has 0 saturated carbocycles. The minimum absolute atomic E-state index is 0.234. The number of rotatable bonds is 8. The summed E-state index contributed by atoms with van der Waals surface area (Å²) in [7, 11) is 0. The van der Waals surface area contributed by atoms with Gasteiger partial charge in [-0.25, -0.2) is 0 Å². The molecule has 0 amide bonds. The number of benzene rings is 2. The summed E-state index contributed by atoms with van der Waals surface area (Å²) in [4.78, 5) is 0. The highest BCUT2D eigenvalue weighted by Crippen LogP contribution is 2.23. The van der Waals surface area contributed by atoms with E-state index in [9.17, 15) is 0 Å². The Labute approximate surface area is 125 Å². The van der Waals surface area contributed by atoms with Crippen molar-refractivity contribution < 1.29 is 9.47 Å². The first-order valence-electron chi connectivity index (χ1n) is 7.03. The number of hydrogen-bond donors (Lipinski definition) is 2. The Bertz CT molecular complexity index is 553. The number of nitrogens with two attached hydrogens (primary N) is 1. The Balaban J connectivity index is 1.75. The van der Waals surface area contributed by atoms with Crippen LogP contribution in [-0.4, -0.2) is 12.4 Å². The van der Waals surface area contributed by atoms with Crippen LogP contribution in [0.5, 0.6) is 17.2 Å². The van der Waals surface area contributed by atoms with E-state index in [0.29, 0.717) is 13.0 Å². The Morgan fingerprint density at radius 2 is 1.48 bits per heavy atom. The highest BCUT2D eigenvalue weighted by molar-refractivity contribution is 5.76. The van der Waals surface area contributed by atoms with Gasteiger partial charge in [0.15, 0.2) is 0 Å². The Morgan fingerprint density at radius 3 is 2.14 bits per heavy atom. The molecule has 2 aromatic carbocycles. The molecule has 0 radical (unpaired) electrons. The summed E-state index contributed by atoms with van der Waals surface area (Å²) in [6.07, 6.45) is 2.40. The lowest BCUT2D eigenvalue weighted by Gasteiger charge is -2.08. The van der Waals surface area contributed by atoms with Crippen molar-refractivity contribution in [1.82, 2.24) is 0 Å². The van der Waals surface area contributed by atoms with Crippen molar-refractivity contribution in [2.45, 2.75) is 19.3 Å². The Hall–Kier alpha value is -2.49. The second-order valence-corrected chi connectivity index (χ2v) is 4.72. The highest BCUT2D eigenvalue weighted by atomic mass is 16.5. The molecule has 0 aliphatic rings. The standard InChI is InChI=1S/C17H20N2O2/c18-17(19)8-4-5-13-20-14-9-11-16(12-10-14)21-15-6-2-1-3-7-15/h1-3,6-7,9-12H,4-5,8,13H2,(H3,18,19). The monoisotopic (exact) mass is 284 g/mol. The molecule has 0 unspecified atom stereocenters. The van der Waals surface area contributed by atoms with Gasteiger partial charge in [-0.3, -0.25) is 5.41 Å². The van der Waals surface area contributed by atoms with Crippen LogP contribution in [0.15, 0.2) is 54.6 Å². The molecule has 4 heteroatoms. The molecule has 0 bridgehead atoms. The van der Waals surface area contributed by atoms with E-state index in [1.165, 1.54) is 0 Å². The number of ether oxygens (including phenoxy) is 2. The number of hydrogen-bond acceptors (Lipinski definition) is 3. The zero-order valence-electron chi connectivity index (χ0n) is 11.9. The maximum absolute atomic E-state index is 7.13. The zero-order chi connectivity index (χ0) is 14.9. The average molecular weight is 284 g/mol. The second-order valence-electron chi connectivity index (χ2n) is 4.72. The van der Waals surface area contributed by atoms with E-state index in [0.717, 1.165) is 30.1 Å². The van der Waals surface area contributed by atoms with Crippen LogP contribution in [0.1, 0.15) is 19.3 Å². The van der Waals surface area contributed by atoms with Gasteiger partial charge in [-0.2, -0.15) is 0 Å². The molecule has 0 saturated heterocycles. The van der Waals surface area contributed by atoms with Crippen molar-refractivity contribution in [3.05, 3.63) is 54.6 Å². The minimum atomic E-state index is 0.234. The fraction of sp³-hybridized carbons (Fsp3) is 0.235. The summed E-state index contributed by atoms with van der Waals surface area (Å²) >= 11 is 0. The van der Waals surface area contributed by atoms with Gasteiger partial charge in [0.25, 0.3) is 0 Å². The molecule has 0 atom stereocenters. The van der Waals surface area contributed by atoms with Gasteiger partial charge >= 0.3 is 0 Å². The molecule has 110 valence electrons. The van der Waals surface area contributed by atoms with E-state index < -0.39 is 0 Å². The fourth-order valence-electron chi connectivity index (χ4n) is 1.84. The van der Waals surface area contributed by atoms with Gasteiger partial charge in [0.1, 0.15) is 17.2 Å². The molecular weight excluding hydrogens is 264 g/mol. The van der Waals surface area contributed by atoms with Crippen LogP contribution in [-0.2, 0) is 0 Å². The van der Waals surface area contributed by atoms with Gasteiger partial charge in [-0.15, -0.1) is 0 Å². The SMILES string of the molecule is N=C(N)CCCCOc1ccc(Oc2ccccc2)cc1. The normalized spacial score (nSPS) is 10.1. The number of nitrogens with one attached hydrogen (secondary N) is 1. The van der Waals surface area contributed by atoms with E-state index in [1.54, 1.807) is 0 Å². The Kier molecular flexibility index (Phi) is 5.64. The number of para-hydroxylation sites is 1. The molecule has 3 N–H and O–H groups in total. The van der Waals surface area contributed by atoms with Gasteiger partial charge in [0.2, 0.25) is 0 Å². The summed E-state index contributed by atoms with van der Waals surface area (Å²) in [5.41, 5.74) is 5.29. The van der Waals surface area contributed by atoms with Crippen LogP contribution in [0.25, 0.3) is 0 Å². The van der Waals surface area contributed by atoms with Crippen LogP contribution in [0.3, 0.4) is 0 Å². The van der Waals surface area contributed by atoms with E-state index >= 15 is 0 Å². The first-order chi connectivity index (χ1) is 10.2. The van der Waals surface area contributed by atoms with Crippen molar-refractivity contribution >= 4 is 5.84 Å². The molecule has 21 heavy (non-hydrogen) atoms. The van der Waals surface area contributed by atoms with Gasteiger partial charge in [0, 0.05) is 6.42 Å². The lowest BCUT2D eigenvalue weighted by atomic mass is 10.2. The number of amidine groups is 1. The lowest BCUT2D eigenvalue weighted by Crippen LogP contribution is -2.09. The van der Waals surface area contributed by atoms with Crippen molar-refractivity contribution in [3.63, 3.8) is 0 Å². The van der Waals surface area contributed by atoms with E-state index in [2.05, 4.69) is 0 Å². The fourth-order valence-corrected chi connectivity index (χ4v) is 1.84. The lowest BCUT2D eigenvalue weighted by molar-refractivity contribution is 0.307. The van der Waals surface area contributed by atoms with Gasteiger partial charge in [-0.05, 0) is 49.2 Å². The molecular formula is C17H20N2O2. The van der Waals surface area contributed by atoms with Crippen LogP contribution >= 0.6 is 0 Å². The third-order valence-corrected chi connectivity index (χ3v) is 2.91. The molecule has 0 fully saturated rings. The molecule has 0 spiro atoms. The van der Waals surface area contributed by atoms with Crippen LogP contribution in [0.2, 0.25) is 0 Å². The van der Waals surface area contributed by atoms with Gasteiger partial charge < -0.3 is 15.2 Å². The minimum Gasteiger partial charge on any atom is -0.494 e. The van der Waals surface area contributed by atoms with E-state index in [1.807, 2.05) is 54.6 Å². The second kappa shape index (κ2) is 7.94. The predicted octanol–water partition coefficient (Wildman–Crippen LogP) is 3.96. The highest BCUT2D eigenvalue weighted by Gasteiger charge is 1.98. The van der Waals surface area contributed by atoms with Crippen LogP contribution < -0.4 is 15.2 Å². The quantitative estimate of drug-likeness (QED) is 0.438. The topological polar surface area (TPSA) is 68.3 Å². The van der Waals surface area contributed by atoms with Crippen molar-refractivity contribution in [3.8, 4) is 17.2 Å². The summed E-state index contributed by atoms with van der Waals surface area (Å²) in [6.45, 7) is 0.631. The molecule has 4 nitrogen and oxygen atoms in total. The average Bonchev–Trinajstić information content (AvgIpc) is 2.49. The molecule has 2 aromatic rings. The molecule has 0 aromatic heterocycles. The molecule has 2 rings (SSSR count). The van der Waals surface area contributed by atoms with Crippen molar-refractivity contribution in [1.29, 1.82) is 5.41 Å². The van der Waals surface area contributed by atoms with E-state index in [-0.39, 0.29) is 5.84 Å². The summed E-state index contributed by atoms with van der Waals surface area (Å²) in [5.74, 6) is 2.65. The third-order valence-electron chi connectivity index (χ3n) is 2.91. The van der Waals surface area contributed by atoms with Crippen molar-refractivity contribution in [2.75, 3.05) is 6.61 Å². The molecule has 0 aliphatic heterocycles. The maximum atomic E-state index is 7.13. The Morgan fingerprint density at radius 1 is 0.857 bits per heavy atom. The first kappa shape index (κ1) is 14.9. The number of unbranched alkanes of at least 4 members (excludes halogenated alkanes) is 1. The summed E-state index contributed by atoms with van der Waals surface area (Å²) < 4.78 is 11.3. The summed E-state index contributed by atoms with van der Waals surface area (Å²) in [6, 6.07) is 17.2. The van der Waals surface area contributed by atoms with Crippen LogP contribution in [0.4, 0.5) is 0 Å². The molecule has 0 heterocycles. The van der Waals surface area contributed by atoms with Crippen molar-refractivity contribution in [2.24, 2.45) is 5.73 Å². The van der Waals surface area contributed by atoms with Gasteiger partial charge in [0.05, 0.1) is 12.4 Å². The summed E-state index contributed by atoms with van der Waals surface area (Å²) in [5, 5.41) is 7.13. The van der Waals surface area contributed by atoms with E-state index in [4.69, 9.17) is 20.6 Å². The zero-order valence-corrected chi connectivity index (χ0v) is 11.9. The first-order valence-corrected chi connectivity index (χ1v) is 7.03. The predicted molar refractivity (Wildman–Crippen MR) is 84.2 cm³/mol. The molecule has 0 aliphatic carbocycles. The smallest absolute Gasteiger partial charge is 0.127 e. The maximum Gasteiger partial charge on any atom is 0.127 e. The third kappa shape index (κ3) is 5.57. The largest absolute Gasteiger partial charge is 0.494 e. The van der Waals surface area contributed by atoms with Crippen LogP contribution in [0, 0.1) is 5.41 Å². The van der Waals surface area contributed by atoms with Gasteiger partial charge in [-0.1, -0.05) is 18.2 Å².